The Morgan fingerprint density at radius 2 is 1.90 bits per heavy atom. The third-order valence-corrected chi connectivity index (χ3v) is 4.68. The summed E-state index contributed by atoms with van der Waals surface area (Å²) in [5, 5.41) is 7.78. The molecule has 0 saturated carbocycles. The van der Waals surface area contributed by atoms with Gasteiger partial charge in [0.15, 0.2) is 11.5 Å². The fourth-order valence-electron chi connectivity index (χ4n) is 3.39. The molecule has 4 aromatic rings. The summed E-state index contributed by atoms with van der Waals surface area (Å²) in [5.74, 6) is 0.618. The fraction of sp³-hybridized carbons (Fsp3) is 0.190. The summed E-state index contributed by atoms with van der Waals surface area (Å²) in [5.41, 5.74) is 11.5. The van der Waals surface area contributed by atoms with Crippen molar-refractivity contribution in [1.82, 2.24) is 29.4 Å². The number of aromatic amines is 1. The van der Waals surface area contributed by atoms with Gasteiger partial charge in [-0.2, -0.15) is 5.10 Å². The number of nitrogens with two attached hydrogens (primary N) is 1. The maximum atomic E-state index is 13.3. The van der Waals surface area contributed by atoms with E-state index in [2.05, 4.69) is 20.2 Å². The summed E-state index contributed by atoms with van der Waals surface area (Å²) in [6.45, 7) is 5.93. The average Bonchev–Trinajstić information content (AvgIpc) is 3.21. The number of nitrogens with zero attached hydrogens (tertiary/aromatic N) is 5. The van der Waals surface area contributed by atoms with E-state index in [4.69, 9.17) is 5.73 Å². The molecule has 0 fully saturated rings. The molecule has 3 aromatic heterocycles. The predicted molar refractivity (Wildman–Crippen MR) is 111 cm³/mol. The van der Waals surface area contributed by atoms with Crippen LogP contribution in [-0.4, -0.2) is 29.4 Å². The number of nitrogen functional groups attached to an aromatic ring is 1. The van der Waals surface area contributed by atoms with Crippen LogP contribution in [0.4, 0.5) is 10.2 Å². The van der Waals surface area contributed by atoms with Gasteiger partial charge in [-0.15, -0.1) is 0 Å². The molecule has 8 heteroatoms. The number of hydrogen-bond acceptors (Lipinski definition) is 4. The second kappa shape index (κ2) is 7.38. The van der Waals surface area contributed by atoms with E-state index < -0.39 is 0 Å². The lowest BCUT2D eigenvalue weighted by atomic mass is 10.1. The molecule has 4 rings (SSSR count). The van der Waals surface area contributed by atoms with Crippen LogP contribution >= 0.6 is 0 Å². The molecule has 29 heavy (non-hydrogen) atoms. The summed E-state index contributed by atoms with van der Waals surface area (Å²) < 4.78 is 16.8. The average molecular weight is 391 g/mol. The Labute approximate surface area is 167 Å². The van der Waals surface area contributed by atoms with Crippen LogP contribution in [0.3, 0.4) is 0 Å². The topological polar surface area (TPSA) is 89.8 Å². The van der Waals surface area contributed by atoms with Gasteiger partial charge < -0.3 is 5.73 Å². The number of anilines is 1. The molecular weight excluding hydrogens is 369 g/mol. The molecule has 0 bridgehead atoms. The van der Waals surface area contributed by atoms with Gasteiger partial charge in [0.2, 0.25) is 0 Å². The van der Waals surface area contributed by atoms with E-state index in [1.165, 1.54) is 12.1 Å². The van der Waals surface area contributed by atoms with E-state index in [0.717, 1.165) is 34.6 Å². The van der Waals surface area contributed by atoms with Crippen LogP contribution in [0.1, 0.15) is 23.9 Å². The first-order valence-corrected chi connectivity index (χ1v) is 9.35. The van der Waals surface area contributed by atoms with Gasteiger partial charge in [0.1, 0.15) is 11.6 Å². The first kappa shape index (κ1) is 18.7. The zero-order chi connectivity index (χ0) is 20.5. The Bertz CT molecular complexity index is 1230. The Balaban J connectivity index is 1.94. The number of rotatable bonds is 3. The Morgan fingerprint density at radius 1 is 1.14 bits per heavy atom. The Morgan fingerprint density at radius 3 is 2.55 bits per heavy atom. The van der Waals surface area contributed by atoms with Gasteiger partial charge in [-0.05, 0) is 50.6 Å². The number of hydrogen-bond donors (Lipinski definition) is 2. The number of halogens is 1. The first-order valence-electron chi connectivity index (χ1n) is 9.35. The van der Waals surface area contributed by atoms with E-state index >= 15 is 0 Å². The lowest BCUT2D eigenvalue weighted by Gasteiger charge is -2.02. The lowest BCUT2D eigenvalue weighted by molar-refractivity contribution is 0.628. The second-order valence-corrected chi connectivity index (χ2v) is 6.82. The lowest BCUT2D eigenvalue weighted by Crippen LogP contribution is -2.01. The number of benzene rings is 1. The number of nitrogens with one attached hydrogen (secondary N) is 1. The summed E-state index contributed by atoms with van der Waals surface area (Å²) in [7, 11) is 0. The van der Waals surface area contributed by atoms with Crippen LogP contribution in [0, 0.1) is 19.7 Å². The molecule has 3 N–H and O–H groups in total. The highest BCUT2D eigenvalue weighted by molar-refractivity contribution is 5.70. The van der Waals surface area contributed by atoms with E-state index in [1.54, 1.807) is 39.8 Å². The molecule has 0 aliphatic heterocycles. The maximum Gasteiger partial charge on any atom is 0.159 e. The van der Waals surface area contributed by atoms with Crippen LogP contribution in [0.15, 0.2) is 48.8 Å². The van der Waals surface area contributed by atoms with Crippen molar-refractivity contribution in [3.8, 4) is 17.1 Å². The minimum absolute atomic E-state index is 0.274. The van der Waals surface area contributed by atoms with E-state index in [9.17, 15) is 4.39 Å². The zero-order valence-corrected chi connectivity index (χ0v) is 16.5. The molecule has 0 aliphatic carbocycles. The summed E-state index contributed by atoms with van der Waals surface area (Å²) in [6, 6.07) is 10.0. The molecule has 0 unspecified atom stereocenters. The van der Waals surface area contributed by atoms with Crippen molar-refractivity contribution in [3.63, 3.8) is 0 Å². The van der Waals surface area contributed by atoms with Crippen molar-refractivity contribution in [1.29, 1.82) is 0 Å². The highest BCUT2D eigenvalue weighted by atomic mass is 19.1. The molecule has 0 saturated heterocycles. The maximum absolute atomic E-state index is 13.3. The van der Waals surface area contributed by atoms with Gasteiger partial charge in [0.05, 0.1) is 11.4 Å². The van der Waals surface area contributed by atoms with Crippen molar-refractivity contribution in [2.24, 2.45) is 0 Å². The quantitative estimate of drug-likeness (QED) is 0.554. The standard InChI is InChI=1S/C21H22FN7/c1-4-17-20(15-5-7-16(22)8-6-15)27-28-10-9-24-19(12-18(23)25-21(17)28)29-14(3)11-13(2)26-29/h5-12,27H,4,23H2,1-3H3. The first-order chi connectivity index (χ1) is 14.0. The third kappa shape index (κ3) is 3.56. The van der Waals surface area contributed by atoms with Gasteiger partial charge in [-0.3, -0.25) is 5.10 Å². The van der Waals surface area contributed by atoms with Crippen molar-refractivity contribution in [2.75, 3.05) is 5.73 Å². The van der Waals surface area contributed by atoms with Gasteiger partial charge in [0, 0.05) is 35.3 Å². The fourth-order valence-corrected chi connectivity index (χ4v) is 3.39. The molecular formula is C21H22FN7. The van der Waals surface area contributed by atoms with Crippen molar-refractivity contribution < 1.29 is 4.39 Å². The monoisotopic (exact) mass is 391 g/mol. The number of aromatic nitrogens is 6. The van der Waals surface area contributed by atoms with Gasteiger partial charge in [-0.1, -0.05) is 6.92 Å². The van der Waals surface area contributed by atoms with E-state index in [1.807, 2.05) is 26.8 Å². The number of H-pyrrole nitrogens is 1. The SMILES string of the molecule is CCc1c(-c2ccc(F)cc2)[nH]n2ccnc(-n3nc(C)cc3C)cc(N)nc12. The third-order valence-electron chi connectivity index (χ3n) is 4.68. The number of aryl methyl sites for hydroxylation is 3. The normalized spacial score (nSPS) is 11.0. The summed E-state index contributed by atoms with van der Waals surface area (Å²) in [4.78, 5) is 9.15. The van der Waals surface area contributed by atoms with Gasteiger partial charge >= 0.3 is 0 Å². The van der Waals surface area contributed by atoms with Gasteiger partial charge in [-0.25, -0.2) is 23.6 Å². The molecule has 148 valence electrons. The molecule has 1 aromatic carbocycles. The van der Waals surface area contributed by atoms with Crippen LogP contribution in [-0.2, 0) is 6.42 Å². The molecule has 0 aliphatic rings. The highest BCUT2D eigenvalue weighted by Gasteiger charge is 2.13. The molecule has 7 nitrogen and oxygen atoms in total. The number of fused-ring (bicyclic) bond motifs is 1. The highest BCUT2D eigenvalue weighted by Crippen LogP contribution is 2.26. The molecule has 0 radical (unpaired) electrons. The zero-order valence-electron chi connectivity index (χ0n) is 16.5. The smallest absolute Gasteiger partial charge is 0.159 e. The second-order valence-electron chi connectivity index (χ2n) is 6.82. The van der Waals surface area contributed by atoms with Crippen LogP contribution in [0.25, 0.3) is 22.7 Å². The van der Waals surface area contributed by atoms with E-state index in [-0.39, 0.29) is 5.82 Å². The van der Waals surface area contributed by atoms with Crippen LogP contribution in [0.2, 0.25) is 0 Å². The Hall–Kier alpha value is -3.68. The summed E-state index contributed by atoms with van der Waals surface area (Å²) >= 11 is 0. The van der Waals surface area contributed by atoms with Crippen molar-refractivity contribution in [3.05, 3.63) is 71.6 Å². The Kier molecular flexibility index (Phi) is 4.75. The predicted octanol–water partition coefficient (Wildman–Crippen LogP) is 3.94. The van der Waals surface area contributed by atoms with Gasteiger partial charge in [0.25, 0.3) is 0 Å². The molecule has 3 heterocycles. The van der Waals surface area contributed by atoms with Crippen molar-refractivity contribution in [2.45, 2.75) is 27.2 Å². The minimum Gasteiger partial charge on any atom is -0.384 e. The molecule has 0 amide bonds. The molecule has 0 spiro atoms. The van der Waals surface area contributed by atoms with Crippen LogP contribution < -0.4 is 5.73 Å². The summed E-state index contributed by atoms with van der Waals surface area (Å²) in [6.07, 6.45) is 4.18. The minimum atomic E-state index is -0.274. The molecule has 0 atom stereocenters. The van der Waals surface area contributed by atoms with Crippen LogP contribution in [0.5, 0.6) is 0 Å². The largest absolute Gasteiger partial charge is 0.384 e. The van der Waals surface area contributed by atoms with E-state index in [0.29, 0.717) is 17.3 Å². The van der Waals surface area contributed by atoms with Crippen molar-refractivity contribution >= 4 is 11.5 Å².